The van der Waals surface area contributed by atoms with E-state index in [9.17, 15) is 9.90 Å². The van der Waals surface area contributed by atoms with Crippen LogP contribution in [0.2, 0.25) is 0 Å². The zero-order valence-electron chi connectivity index (χ0n) is 14.5. The molecule has 0 spiro atoms. The summed E-state index contributed by atoms with van der Waals surface area (Å²) in [5, 5.41) is 9.27. The molecular formula is C17H26N4O3. The van der Waals surface area contributed by atoms with E-state index in [0.717, 1.165) is 5.56 Å². The number of aromatic hydroxyl groups is 1. The van der Waals surface area contributed by atoms with Crippen molar-refractivity contribution in [2.75, 3.05) is 26.2 Å². The predicted molar refractivity (Wildman–Crippen MR) is 92.8 cm³/mol. The predicted octanol–water partition coefficient (Wildman–Crippen LogP) is 1.76. The molecule has 1 aliphatic rings. The summed E-state index contributed by atoms with van der Waals surface area (Å²) in [6.45, 7) is 8.40. The van der Waals surface area contributed by atoms with Crippen LogP contribution in [0.1, 0.15) is 26.3 Å². The molecule has 0 saturated carbocycles. The number of amides is 1. The molecule has 3 N–H and O–H groups in total. The minimum atomic E-state index is -0.487. The number of carbonyl (C=O) groups is 1. The number of benzene rings is 1. The second-order valence-electron chi connectivity index (χ2n) is 6.80. The molecule has 1 saturated heterocycles. The SMILES string of the molecule is CC(C)(C)OC(=O)N1CCN(C(N)=NCc2ccc(O)cc2)CC1. The highest BCUT2D eigenvalue weighted by molar-refractivity contribution is 5.78. The standard InChI is InChI=1S/C17H26N4O3/c1-17(2,3)24-16(23)21-10-8-20(9-11-21)15(18)19-12-13-4-6-14(22)7-5-13/h4-7,22H,8-12H2,1-3H3,(H2,18,19). The fraction of sp³-hybridized carbons (Fsp3) is 0.529. The quantitative estimate of drug-likeness (QED) is 0.635. The minimum Gasteiger partial charge on any atom is -0.508 e. The Kier molecular flexibility index (Phi) is 5.54. The summed E-state index contributed by atoms with van der Waals surface area (Å²) in [7, 11) is 0. The zero-order valence-corrected chi connectivity index (χ0v) is 14.5. The van der Waals surface area contributed by atoms with Gasteiger partial charge in [-0.15, -0.1) is 0 Å². The molecule has 132 valence electrons. The molecule has 1 fully saturated rings. The molecule has 0 bridgehead atoms. The monoisotopic (exact) mass is 334 g/mol. The first kappa shape index (κ1) is 17.9. The average Bonchev–Trinajstić information content (AvgIpc) is 2.52. The first-order chi connectivity index (χ1) is 11.2. The number of piperazine rings is 1. The van der Waals surface area contributed by atoms with Crippen LogP contribution in [-0.2, 0) is 11.3 Å². The third kappa shape index (κ3) is 5.33. The number of nitrogens with zero attached hydrogens (tertiary/aromatic N) is 3. The summed E-state index contributed by atoms with van der Waals surface area (Å²) >= 11 is 0. The van der Waals surface area contributed by atoms with Crippen LogP contribution in [0.5, 0.6) is 5.75 Å². The normalized spacial score (nSPS) is 16.2. The van der Waals surface area contributed by atoms with Crippen molar-refractivity contribution in [2.45, 2.75) is 32.9 Å². The summed E-state index contributed by atoms with van der Waals surface area (Å²) in [5.41, 5.74) is 6.53. The van der Waals surface area contributed by atoms with Gasteiger partial charge in [-0.05, 0) is 38.5 Å². The number of guanidine groups is 1. The zero-order chi connectivity index (χ0) is 17.7. The molecule has 7 heteroatoms. The van der Waals surface area contributed by atoms with Crippen molar-refractivity contribution in [1.29, 1.82) is 0 Å². The molecule has 0 atom stereocenters. The molecule has 0 radical (unpaired) electrons. The number of rotatable bonds is 2. The average molecular weight is 334 g/mol. The molecule has 0 unspecified atom stereocenters. The van der Waals surface area contributed by atoms with E-state index < -0.39 is 5.60 Å². The molecule has 1 amide bonds. The van der Waals surface area contributed by atoms with Crippen molar-refractivity contribution in [3.05, 3.63) is 29.8 Å². The molecule has 0 aromatic heterocycles. The Labute approximate surface area is 142 Å². The topological polar surface area (TPSA) is 91.4 Å². The molecule has 1 aromatic rings. The van der Waals surface area contributed by atoms with Gasteiger partial charge < -0.3 is 25.4 Å². The third-order valence-electron chi connectivity index (χ3n) is 3.62. The summed E-state index contributed by atoms with van der Waals surface area (Å²) in [4.78, 5) is 20.1. The van der Waals surface area contributed by atoms with E-state index in [1.165, 1.54) is 0 Å². The Balaban J connectivity index is 1.83. The fourth-order valence-electron chi connectivity index (χ4n) is 2.32. The van der Waals surface area contributed by atoms with Gasteiger partial charge in [0.25, 0.3) is 0 Å². The fourth-order valence-corrected chi connectivity index (χ4v) is 2.32. The minimum absolute atomic E-state index is 0.231. The lowest BCUT2D eigenvalue weighted by atomic mass is 10.2. The van der Waals surface area contributed by atoms with Gasteiger partial charge in [0, 0.05) is 26.2 Å². The van der Waals surface area contributed by atoms with E-state index in [2.05, 4.69) is 4.99 Å². The van der Waals surface area contributed by atoms with Gasteiger partial charge >= 0.3 is 6.09 Å². The number of carbonyl (C=O) groups excluding carboxylic acids is 1. The maximum Gasteiger partial charge on any atom is 0.410 e. The highest BCUT2D eigenvalue weighted by Gasteiger charge is 2.26. The Morgan fingerprint density at radius 3 is 2.25 bits per heavy atom. The van der Waals surface area contributed by atoms with E-state index in [1.807, 2.05) is 37.8 Å². The molecule has 1 aromatic carbocycles. The maximum absolute atomic E-state index is 12.0. The second-order valence-corrected chi connectivity index (χ2v) is 6.80. The molecule has 1 aliphatic heterocycles. The van der Waals surface area contributed by atoms with Gasteiger partial charge in [0.2, 0.25) is 0 Å². The molecule has 24 heavy (non-hydrogen) atoms. The Morgan fingerprint density at radius 2 is 1.71 bits per heavy atom. The number of nitrogens with two attached hydrogens (primary N) is 1. The van der Waals surface area contributed by atoms with Crippen LogP contribution >= 0.6 is 0 Å². The van der Waals surface area contributed by atoms with E-state index in [1.54, 1.807) is 17.0 Å². The molecule has 2 rings (SSSR count). The van der Waals surface area contributed by atoms with Crippen molar-refractivity contribution in [3.8, 4) is 5.75 Å². The van der Waals surface area contributed by atoms with Gasteiger partial charge in [-0.2, -0.15) is 0 Å². The van der Waals surface area contributed by atoms with Gasteiger partial charge in [0.1, 0.15) is 11.4 Å². The van der Waals surface area contributed by atoms with Crippen LogP contribution in [0.3, 0.4) is 0 Å². The Morgan fingerprint density at radius 1 is 1.17 bits per heavy atom. The lowest BCUT2D eigenvalue weighted by Gasteiger charge is -2.36. The number of ether oxygens (including phenoxy) is 1. The lowest BCUT2D eigenvalue weighted by Crippen LogP contribution is -2.53. The van der Waals surface area contributed by atoms with Crippen LogP contribution in [-0.4, -0.2) is 58.7 Å². The first-order valence-corrected chi connectivity index (χ1v) is 8.05. The highest BCUT2D eigenvalue weighted by atomic mass is 16.6. The Bertz CT molecular complexity index is 585. The van der Waals surface area contributed by atoms with Crippen LogP contribution in [0.25, 0.3) is 0 Å². The third-order valence-corrected chi connectivity index (χ3v) is 3.62. The van der Waals surface area contributed by atoms with Crippen LogP contribution in [0, 0.1) is 0 Å². The van der Waals surface area contributed by atoms with E-state index >= 15 is 0 Å². The van der Waals surface area contributed by atoms with Gasteiger partial charge in [-0.25, -0.2) is 9.79 Å². The van der Waals surface area contributed by atoms with Gasteiger partial charge in [0.15, 0.2) is 5.96 Å². The van der Waals surface area contributed by atoms with Crippen molar-refractivity contribution >= 4 is 12.1 Å². The highest BCUT2D eigenvalue weighted by Crippen LogP contribution is 2.13. The molecule has 7 nitrogen and oxygen atoms in total. The molecule has 1 heterocycles. The number of aliphatic imine (C=N–C) groups is 1. The van der Waals surface area contributed by atoms with E-state index in [4.69, 9.17) is 10.5 Å². The van der Waals surface area contributed by atoms with Gasteiger partial charge in [-0.1, -0.05) is 12.1 Å². The summed E-state index contributed by atoms with van der Waals surface area (Å²) in [6.07, 6.45) is -0.290. The summed E-state index contributed by atoms with van der Waals surface area (Å²) < 4.78 is 5.37. The molecule has 0 aliphatic carbocycles. The van der Waals surface area contributed by atoms with Gasteiger partial charge in [0.05, 0.1) is 6.54 Å². The second kappa shape index (κ2) is 7.42. The summed E-state index contributed by atoms with van der Waals surface area (Å²) in [5.74, 6) is 0.695. The smallest absolute Gasteiger partial charge is 0.410 e. The van der Waals surface area contributed by atoms with E-state index in [-0.39, 0.29) is 11.8 Å². The van der Waals surface area contributed by atoms with Crippen LogP contribution < -0.4 is 5.73 Å². The number of phenols is 1. The van der Waals surface area contributed by atoms with Crippen LogP contribution in [0.15, 0.2) is 29.3 Å². The number of hydrogen-bond donors (Lipinski definition) is 2. The van der Waals surface area contributed by atoms with Crippen LogP contribution in [0.4, 0.5) is 4.79 Å². The summed E-state index contributed by atoms with van der Waals surface area (Å²) in [6, 6.07) is 6.88. The van der Waals surface area contributed by atoms with E-state index in [0.29, 0.717) is 38.7 Å². The van der Waals surface area contributed by atoms with Gasteiger partial charge in [-0.3, -0.25) is 0 Å². The lowest BCUT2D eigenvalue weighted by molar-refractivity contribution is 0.0186. The van der Waals surface area contributed by atoms with Crippen molar-refractivity contribution in [3.63, 3.8) is 0 Å². The first-order valence-electron chi connectivity index (χ1n) is 8.05. The molecular weight excluding hydrogens is 308 g/mol. The number of phenolic OH excluding ortho intramolecular Hbond substituents is 1. The van der Waals surface area contributed by atoms with Crippen molar-refractivity contribution in [2.24, 2.45) is 10.7 Å². The number of hydrogen-bond acceptors (Lipinski definition) is 4. The van der Waals surface area contributed by atoms with Crippen molar-refractivity contribution < 1.29 is 14.6 Å². The largest absolute Gasteiger partial charge is 0.508 e. The Hall–Kier alpha value is -2.44. The maximum atomic E-state index is 12.0. The van der Waals surface area contributed by atoms with Crippen molar-refractivity contribution in [1.82, 2.24) is 9.80 Å².